The fourth-order valence-electron chi connectivity index (χ4n) is 3.70. The summed E-state index contributed by atoms with van der Waals surface area (Å²) in [4.78, 5) is 39.1. The second kappa shape index (κ2) is 9.93. The summed E-state index contributed by atoms with van der Waals surface area (Å²) in [5.41, 5.74) is 0.630. The van der Waals surface area contributed by atoms with Crippen molar-refractivity contribution in [1.29, 1.82) is 0 Å². The van der Waals surface area contributed by atoms with Gasteiger partial charge in [-0.15, -0.1) is 0 Å². The van der Waals surface area contributed by atoms with E-state index < -0.39 is 12.1 Å². The summed E-state index contributed by atoms with van der Waals surface area (Å²) in [5.74, 6) is 1.28. The first-order valence-electron chi connectivity index (χ1n) is 10.6. The molecule has 1 aromatic rings. The summed E-state index contributed by atoms with van der Waals surface area (Å²) in [6.07, 6.45) is 1.34. The Hall–Kier alpha value is -2.61. The molecule has 1 aromatic carbocycles. The topological polar surface area (TPSA) is 97.0 Å². The summed E-state index contributed by atoms with van der Waals surface area (Å²) in [6.45, 7) is 8.53. The number of urea groups is 1. The average Bonchev–Trinajstić information content (AvgIpc) is 2.76. The predicted molar refractivity (Wildman–Crippen MR) is 112 cm³/mol. The van der Waals surface area contributed by atoms with Crippen LogP contribution in [0.2, 0.25) is 0 Å². The van der Waals surface area contributed by atoms with E-state index in [9.17, 15) is 14.4 Å². The lowest BCUT2D eigenvalue weighted by atomic mass is 9.88. The Morgan fingerprint density at radius 2 is 1.73 bits per heavy atom. The average molecular weight is 418 g/mol. The van der Waals surface area contributed by atoms with E-state index in [0.29, 0.717) is 68.7 Å². The number of nitrogens with one attached hydrogen (secondary N) is 2. The Morgan fingerprint density at radius 1 is 1.07 bits per heavy atom. The van der Waals surface area contributed by atoms with E-state index in [1.807, 2.05) is 18.7 Å². The number of benzene rings is 1. The number of ether oxygens (including phenoxy) is 2. The van der Waals surface area contributed by atoms with Gasteiger partial charge in [0.05, 0.1) is 6.04 Å². The van der Waals surface area contributed by atoms with Crippen molar-refractivity contribution in [2.24, 2.45) is 11.8 Å². The van der Waals surface area contributed by atoms with E-state index >= 15 is 0 Å². The minimum atomic E-state index is -0.468. The van der Waals surface area contributed by atoms with Gasteiger partial charge in [0.2, 0.25) is 5.91 Å². The fourth-order valence-corrected chi connectivity index (χ4v) is 3.70. The van der Waals surface area contributed by atoms with Crippen LogP contribution < -0.4 is 20.1 Å². The largest absolute Gasteiger partial charge is 0.486 e. The number of rotatable bonds is 6. The van der Waals surface area contributed by atoms with Gasteiger partial charge in [-0.05, 0) is 57.0 Å². The van der Waals surface area contributed by atoms with Crippen molar-refractivity contribution in [2.75, 3.05) is 32.8 Å². The number of ketones is 1. The molecule has 3 rings (SSSR count). The molecule has 0 bridgehead atoms. The molecule has 164 valence electrons. The van der Waals surface area contributed by atoms with E-state index in [0.717, 1.165) is 0 Å². The molecule has 3 amide bonds. The highest BCUT2D eigenvalue weighted by molar-refractivity contribution is 5.99. The third kappa shape index (κ3) is 5.50. The molecule has 2 heterocycles. The third-order valence-electron chi connectivity index (χ3n) is 5.56. The molecule has 1 unspecified atom stereocenters. The molecule has 0 saturated carbocycles. The molecular formula is C22H31N3O5. The molecule has 1 fully saturated rings. The van der Waals surface area contributed by atoms with Crippen LogP contribution >= 0.6 is 0 Å². The van der Waals surface area contributed by atoms with Crippen molar-refractivity contribution < 1.29 is 23.9 Å². The molecule has 8 nitrogen and oxygen atoms in total. The van der Waals surface area contributed by atoms with E-state index in [-0.39, 0.29) is 17.6 Å². The van der Waals surface area contributed by atoms with Gasteiger partial charge >= 0.3 is 6.03 Å². The Kier molecular flexibility index (Phi) is 7.31. The van der Waals surface area contributed by atoms with Crippen LogP contribution in [-0.2, 0) is 4.79 Å². The van der Waals surface area contributed by atoms with Crippen molar-refractivity contribution >= 4 is 17.7 Å². The summed E-state index contributed by atoms with van der Waals surface area (Å²) in [7, 11) is 0. The second-order valence-electron chi connectivity index (χ2n) is 8.30. The normalized spacial score (nSPS) is 18.0. The summed E-state index contributed by atoms with van der Waals surface area (Å²) >= 11 is 0. The van der Waals surface area contributed by atoms with Crippen LogP contribution in [0.5, 0.6) is 11.5 Å². The van der Waals surface area contributed by atoms with Crippen molar-refractivity contribution in [3.63, 3.8) is 0 Å². The standard InChI is InChI=1S/C22H31N3O5/c1-14(2)13-23-22(28)24-21(27)15(3)25-8-6-16(7-9-25)20(26)17-4-5-18-19(12-17)30-11-10-29-18/h4-5,12,14-16H,6-11,13H2,1-3H3,(H2,23,24,27,28). The van der Waals surface area contributed by atoms with Gasteiger partial charge in [-0.25, -0.2) is 4.79 Å². The summed E-state index contributed by atoms with van der Waals surface area (Å²) < 4.78 is 11.1. The molecule has 0 aliphatic carbocycles. The third-order valence-corrected chi connectivity index (χ3v) is 5.56. The Labute approximate surface area is 177 Å². The van der Waals surface area contributed by atoms with Crippen molar-refractivity contribution in [3.05, 3.63) is 23.8 Å². The monoisotopic (exact) mass is 417 g/mol. The van der Waals surface area contributed by atoms with E-state index in [2.05, 4.69) is 10.6 Å². The first kappa shape index (κ1) is 22.1. The first-order chi connectivity index (χ1) is 14.3. The zero-order valence-corrected chi connectivity index (χ0v) is 17.9. The number of fused-ring (bicyclic) bond motifs is 1. The zero-order chi connectivity index (χ0) is 21.7. The van der Waals surface area contributed by atoms with Gasteiger partial charge in [0.25, 0.3) is 0 Å². The van der Waals surface area contributed by atoms with Crippen LogP contribution in [0.15, 0.2) is 18.2 Å². The SMILES string of the molecule is CC(C)CNC(=O)NC(=O)C(C)N1CCC(C(=O)c2ccc3c(c2)OCCO3)CC1. The van der Waals surface area contributed by atoms with Crippen LogP contribution in [0.3, 0.4) is 0 Å². The van der Waals surface area contributed by atoms with Crippen LogP contribution in [0.4, 0.5) is 4.79 Å². The van der Waals surface area contributed by atoms with Gasteiger partial charge in [0.15, 0.2) is 17.3 Å². The molecule has 0 spiro atoms. The van der Waals surface area contributed by atoms with Crippen LogP contribution in [0, 0.1) is 11.8 Å². The molecule has 2 aliphatic heterocycles. The number of carbonyl (C=O) groups excluding carboxylic acids is 3. The van der Waals surface area contributed by atoms with Gasteiger partial charge in [-0.1, -0.05) is 13.8 Å². The molecular weight excluding hydrogens is 386 g/mol. The maximum Gasteiger partial charge on any atom is 0.321 e. The molecule has 8 heteroatoms. The highest BCUT2D eigenvalue weighted by Gasteiger charge is 2.31. The molecule has 0 aromatic heterocycles. The minimum Gasteiger partial charge on any atom is -0.486 e. The Balaban J connectivity index is 1.49. The molecule has 30 heavy (non-hydrogen) atoms. The minimum absolute atomic E-state index is 0.0894. The van der Waals surface area contributed by atoms with E-state index in [1.165, 1.54) is 0 Å². The van der Waals surface area contributed by atoms with Gasteiger partial charge in [-0.3, -0.25) is 19.8 Å². The molecule has 0 radical (unpaired) electrons. The Morgan fingerprint density at radius 3 is 2.40 bits per heavy atom. The summed E-state index contributed by atoms with van der Waals surface area (Å²) in [6, 6.07) is 4.43. The van der Waals surface area contributed by atoms with Gasteiger partial charge in [0.1, 0.15) is 13.2 Å². The number of nitrogens with zero attached hydrogens (tertiary/aromatic N) is 1. The number of Topliss-reactive ketones (excluding diaryl/α,β-unsaturated/α-hetero) is 1. The lowest BCUT2D eigenvalue weighted by Crippen LogP contribution is -2.52. The quantitative estimate of drug-likeness (QED) is 0.689. The van der Waals surface area contributed by atoms with E-state index in [4.69, 9.17) is 9.47 Å². The smallest absolute Gasteiger partial charge is 0.321 e. The van der Waals surface area contributed by atoms with Crippen LogP contribution in [0.25, 0.3) is 0 Å². The van der Waals surface area contributed by atoms with Crippen molar-refractivity contribution in [1.82, 2.24) is 15.5 Å². The maximum atomic E-state index is 12.9. The number of imide groups is 1. The van der Waals surface area contributed by atoms with Crippen molar-refractivity contribution in [2.45, 2.75) is 39.7 Å². The zero-order valence-electron chi connectivity index (χ0n) is 17.9. The number of hydrogen-bond acceptors (Lipinski definition) is 6. The van der Waals surface area contributed by atoms with Crippen LogP contribution in [-0.4, -0.2) is 61.5 Å². The van der Waals surface area contributed by atoms with E-state index in [1.54, 1.807) is 25.1 Å². The molecule has 1 saturated heterocycles. The molecule has 2 N–H and O–H groups in total. The molecule has 1 atom stereocenters. The Bertz CT molecular complexity index is 787. The van der Waals surface area contributed by atoms with Gasteiger partial charge < -0.3 is 14.8 Å². The number of amides is 3. The first-order valence-corrected chi connectivity index (χ1v) is 10.6. The van der Waals surface area contributed by atoms with Gasteiger partial charge in [0, 0.05) is 18.0 Å². The predicted octanol–water partition coefficient (Wildman–Crippen LogP) is 2.22. The number of likely N-dealkylation sites (tertiary alicyclic amines) is 1. The highest BCUT2D eigenvalue weighted by Crippen LogP contribution is 2.32. The molecule has 2 aliphatic rings. The second-order valence-corrected chi connectivity index (χ2v) is 8.30. The van der Waals surface area contributed by atoms with Gasteiger partial charge in [-0.2, -0.15) is 0 Å². The lowest BCUT2D eigenvalue weighted by molar-refractivity contribution is -0.125. The number of piperidine rings is 1. The highest BCUT2D eigenvalue weighted by atomic mass is 16.6. The fraction of sp³-hybridized carbons (Fsp3) is 0.591. The summed E-state index contributed by atoms with van der Waals surface area (Å²) in [5, 5.41) is 5.08. The van der Waals surface area contributed by atoms with Crippen LogP contribution in [0.1, 0.15) is 44.0 Å². The number of carbonyl (C=O) groups is 3. The maximum absolute atomic E-state index is 12.9. The lowest BCUT2D eigenvalue weighted by Gasteiger charge is -2.34. The number of hydrogen-bond donors (Lipinski definition) is 2. The van der Waals surface area contributed by atoms with Crippen molar-refractivity contribution in [3.8, 4) is 11.5 Å².